The highest BCUT2D eigenvalue weighted by atomic mass is 16.2. The predicted molar refractivity (Wildman–Crippen MR) is 129 cm³/mol. The van der Waals surface area contributed by atoms with Crippen molar-refractivity contribution >= 4 is 22.8 Å². The maximum atomic E-state index is 13.2. The molecule has 2 aromatic carbocycles. The number of aromatic nitrogens is 1. The maximum absolute atomic E-state index is 13.2. The first-order chi connectivity index (χ1) is 16.1. The van der Waals surface area contributed by atoms with Crippen LogP contribution in [0.5, 0.6) is 0 Å². The summed E-state index contributed by atoms with van der Waals surface area (Å²) < 4.78 is 0. The van der Waals surface area contributed by atoms with Gasteiger partial charge in [-0.3, -0.25) is 10.2 Å². The van der Waals surface area contributed by atoms with Crippen LogP contribution < -0.4 is 21.8 Å². The summed E-state index contributed by atoms with van der Waals surface area (Å²) in [5.41, 5.74) is 11.8. The van der Waals surface area contributed by atoms with Crippen molar-refractivity contribution in [1.29, 1.82) is 0 Å². The molecular formula is C25H32N6O2. The number of aromatic amines is 1. The molecule has 0 aliphatic carbocycles. The molecular weight excluding hydrogens is 416 g/mol. The maximum Gasteiger partial charge on any atom is 0.315 e. The minimum Gasteiger partial charge on any atom is -0.361 e. The van der Waals surface area contributed by atoms with Crippen molar-refractivity contribution in [3.05, 3.63) is 71.9 Å². The first-order valence-electron chi connectivity index (χ1n) is 11.5. The molecule has 3 amide bonds. The fourth-order valence-electron chi connectivity index (χ4n) is 4.23. The molecule has 0 radical (unpaired) electrons. The zero-order valence-corrected chi connectivity index (χ0v) is 18.7. The molecule has 1 saturated heterocycles. The molecule has 0 saturated carbocycles. The number of nitrogens with one attached hydrogen (secondary N) is 4. The van der Waals surface area contributed by atoms with Gasteiger partial charge in [-0.1, -0.05) is 48.5 Å². The predicted octanol–water partition coefficient (Wildman–Crippen LogP) is 2.28. The van der Waals surface area contributed by atoms with Crippen LogP contribution in [-0.4, -0.2) is 47.6 Å². The molecule has 8 heteroatoms. The van der Waals surface area contributed by atoms with E-state index in [2.05, 4.69) is 21.0 Å². The van der Waals surface area contributed by atoms with Gasteiger partial charge in [-0.05, 0) is 42.5 Å². The number of piperidine rings is 1. The van der Waals surface area contributed by atoms with E-state index in [1.807, 2.05) is 65.8 Å². The van der Waals surface area contributed by atoms with Gasteiger partial charge in [0.25, 0.3) is 5.91 Å². The number of benzene rings is 2. The molecule has 174 valence electrons. The van der Waals surface area contributed by atoms with Gasteiger partial charge in [-0.25, -0.2) is 9.80 Å². The van der Waals surface area contributed by atoms with Gasteiger partial charge in [-0.15, -0.1) is 0 Å². The number of hydrogen-bond acceptors (Lipinski definition) is 4. The molecule has 4 rings (SSSR count). The molecule has 2 heterocycles. The molecule has 0 bridgehead atoms. The van der Waals surface area contributed by atoms with Crippen LogP contribution in [0.3, 0.4) is 0 Å². The van der Waals surface area contributed by atoms with Gasteiger partial charge in [0.15, 0.2) is 0 Å². The third kappa shape index (κ3) is 6.12. The number of nitrogens with zero attached hydrogens (tertiary/aromatic N) is 1. The third-order valence-corrected chi connectivity index (χ3v) is 6.23. The molecule has 1 aliphatic rings. The van der Waals surface area contributed by atoms with Crippen LogP contribution in [0.15, 0.2) is 60.8 Å². The number of amides is 3. The largest absolute Gasteiger partial charge is 0.361 e. The number of fused-ring (bicyclic) bond motifs is 1. The number of para-hydroxylation sites is 1. The fraction of sp³-hybridized carbons (Fsp3) is 0.360. The number of hydrogen-bond donors (Lipinski definition) is 5. The summed E-state index contributed by atoms with van der Waals surface area (Å²) in [6.07, 6.45) is 4.19. The van der Waals surface area contributed by atoms with Gasteiger partial charge < -0.3 is 21.4 Å². The van der Waals surface area contributed by atoms with Crippen LogP contribution in [0, 0.1) is 5.92 Å². The Morgan fingerprint density at radius 2 is 1.79 bits per heavy atom. The summed E-state index contributed by atoms with van der Waals surface area (Å²) in [5.74, 6) is 0.281. The monoisotopic (exact) mass is 448 g/mol. The van der Waals surface area contributed by atoms with Gasteiger partial charge in [0.1, 0.15) is 6.04 Å². The average Bonchev–Trinajstić information content (AvgIpc) is 3.26. The highest BCUT2D eigenvalue weighted by Crippen LogP contribution is 2.19. The summed E-state index contributed by atoms with van der Waals surface area (Å²) in [5, 5.41) is 8.71. The van der Waals surface area contributed by atoms with E-state index >= 15 is 0 Å². The van der Waals surface area contributed by atoms with Crippen molar-refractivity contribution in [3.63, 3.8) is 0 Å². The van der Waals surface area contributed by atoms with E-state index in [9.17, 15) is 9.59 Å². The van der Waals surface area contributed by atoms with E-state index < -0.39 is 6.04 Å². The SMILES string of the molecule is NCC1CCN(NC(=O)[C@H](Cc2c[nH]c3ccccc23)NC(=O)NCc2ccccc2)CC1. The van der Waals surface area contributed by atoms with Crippen LogP contribution in [0.1, 0.15) is 24.0 Å². The molecule has 33 heavy (non-hydrogen) atoms. The van der Waals surface area contributed by atoms with E-state index in [1.54, 1.807) is 0 Å². The quantitative estimate of drug-likeness (QED) is 0.364. The Morgan fingerprint density at radius 3 is 2.55 bits per heavy atom. The highest BCUT2D eigenvalue weighted by molar-refractivity contribution is 5.89. The lowest BCUT2D eigenvalue weighted by Gasteiger charge is -2.32. The Hall–Kier alpha value is -3.36. The number of urea groups is 1. The first-order valence-corrected chi connectivity index (χ1v) is 11.5. The molecule has 0 unspecified atom stereocenters. The van der Waals surface area contributed by atoms with Gasteiger partial charge in [0.2, 0.25) is 0 Å². The lowest BCUT2D eigenvalue weighted by atomic mass is 9.98. The third-order valence-electron chi connectivity index (χ3n) is 6.23. The molecule has 1 aromatic heterocycles. The van der Waals surface area contributed by atoms with Gasteiger partial charge >= 0.3 is 6.03 Å². The Kier molecular flexibility index (Phi) is 7.59. The molecule has 1 atom stereocenters. The van der Waals surface area contributed by atoms with Crippen molar-refractivity contribution in [2.45, 2.75) is 31.8 Å². The number of carbonyl (C=O) groups is 2. The van der Waals surface area contributed by atoms with E-state index in [-0.39, 0.29) is 11.9 Å². The van der Waals surface area contributed by atoms with E-state index in [4.69, 9.17) is 5.73 Å². The van der Waals surface area contributed by atoms with Crippen LogP contribution in [-0.2, 0) is 17.8 Å². The number of nitrogens with two attached hydrogens (primary N) is 1. The van der Waals surface area contributed by atoms with Crippen LogP contribution in [0.2, 0.25) is 0 Å². The minimum absolute atomic E-state index is 0.221. The lowest BCUT2D eigenvalue weighted by Crippen LogP contribution is -2.56. The first kappa shape index (κ1) is 22.8. The van der Waals surface area contributed by atoms with Crippen LogP contribution in [0.25, 0.3) is 10.9 Å². The van der Waals surface area contributed by atoms with Gasteiger partial charge in [0.05, 0.1) is 0 Å². The standard InChI is InChI=1S/C25H32N6O2/c26-15-18-10-12-31(13-11-18)30-24(32)23(14-20-17-27-22-9-5-4-8-21(20)22)29-25(33)28-16-19-6-2-1-3-7-19/h1-9,17-18,23,27H,10-16,26H2,(H,30,32)(H2,28,29,33)/t23-/m0/s1. The van der Waals surface area contributed by atoms with Crippen molar-refractivity contribution < 1.29 is 9.59 Å². The molecule has 6 N–H and O–H groups in total. The average molecular weight is 449 g/mol. The van der Waals surface area contributed by atoms with Gasteiger partial charge in [0, 0.05) is 43.2 Å². The summed E-state index contributed by atoms with van der Waals surface area (Å²) in [7, 11) is 0. The molecule has 1 aliphatic heterocycles. The smallest absolute Gasteiger partial charge is 0.315 e. The van der Waals surface area contributed by atoms with E-state index in [1.165, 1.54) is 0 Å². The van der Waals surface area contributed by atoms with E-state index in [0.29, 0.717) is 25.4 Å². The molecule has 8 nitrogen and oxygen atoms in total. The van der Waals surface area contributed by atoms with Crippen molar-refractivity contribution in [3.8, 4) is 0 Å². The summed E-state index contributed by atoms with van der Waals surface area (Å²) in [6, 6.07) is 16.5. The minimum atomic E-state index is -0.716. The second-order valence-corrected chi connectivity index (χ2v) is 8.57. The molecule has 1 fully saturated rings. The normalized spacial score (nSPS) is 15.8. The highest BCUT2D eigenvalue weighted by Gasteiger charge is 2.26. The lowest BCUT2D eigenvalue weighted by molar-refractivity contribution is -0.128. The topological polar surface area (TPSA) is 115 Å². The van der Waals surface area contributed by atoms with Crippen molar-refractivity contribution in [1.82, 2.24) is 26.1 Å². The van der Waals surface area contributed by atoms with Crippen LogP contribution >= 0.6 is 0 Å². The Labute approximate surface area is 193 Å². The van der Waals surface area contributed by atoms with Gasteiger partial charge in [-0.2, -0.15) is 0 Å². The van der Waals surface area contributed by atoms with E-state index in [0.717, 1.165) is 48.0 Å². The summed E-state index contributed by atoms with van der Waals surface area (Å²) in [4.78, 5) is 29.1. The number of hydrazine groups is 1. The Bertz CT molecular complexity index is 1060. The Balaban J connectivity index is 1.42. The zero-order valence-electron chi connectivity index (χ0n) is 18.7. The second-order valence-electron chi connectivity index (χ2n) is 8.57. The van der Waals surface area contributed by atoms with Crippen LogP contribution in [0.4, 0.5) is 4.79 Å². The molecule has 0 spiro atoms. The molecule has 3 aromatic rings. The zero-order chi connectivity index (χ0) is 23.0. The summed E-state index contributed by atoms with van der Waals surface area (Å²) >= 11 is 0. The number of H-pyrrole nitrogens is 1. The number of rotatable bonds is 8. The number of carbonyl (C=O) groups excluding carboxylic acids is 2. The van der Waals surface area contributed by atoms with Crippen molar-refractivity contribution in [2.75, 3.05) is 19.6 Å². The fourth-order valence-corrected chi connectivity index (χ4v) is 4.23. The van der Waals surface area contributed by atoms with Crippen molar-refractivity contribution in [2.24, 2.45) is 11.7 Å². The summed E-state index contributed by atoms with van der Waals surface area (Å²) in [6.45, 7) is 2.58. The Morgan fingerprint density at radius 1 is 1.06 bits per heavy atom. The second kappa shape index (κ2) is 11.0.